The summed E-state index contributed by atoms with van der Waals surface area (Å²) in [5.41, 5.74) is -2.23. The molecule has 1 aliphatic carbocycles. The van der Waals surface area contributed by atoms with E-state index < -0.39 is 112 Å². The zero-order valence-electron chi connectivity index (χ0n) is 39.0. The van der Waals surface area contributed by atoms with Gasteiger partial charge < -0.3 is 37.3 Å². The number of rotatable bonds is 10. The van der Waals surface area contributed by atoms with Crippen molar-refractivity contribution in [1.29, 1.82) is 0 Å². The van der Waals surface area contributed by atoms with Crippen LogP contribution in [0.4, 0.5) is 4.79 Å². The molecule has 0 aromatic carbocycles. The molecule has 5 fully saturated rings. The van der Waals surface area contributed by atoms with Gasteiger partial charge in [0.1, 0.15) is 42.0 Å². The second-order valence-corrected chi connectivity index (χ2v) is 31.1. The van der Waals surface area contributed by atoms with Crippen LogP contribution >= 0.6 is 0 Å². The number of urea groups is 1. The van der Waals surface area contributed by atoms with Gasteiger partial charge in [-0.2, -0.15) is 0 Å². The molecule has 0 unspecified atom stereocenters. The zero-order valence-corrected chi connectivity index (χ0v) is 41.0. The summed E-state index contributed by atoms with van der Waals surface area (Å²) in [4.78, 5) is 61.4. The first-order valence-electron chi connectivity index (χ1n) is 21.8. The van der Waals surface area contributed by atoms with Gasteiger partial charge in [0.05, 0.1) is 13.2 Å². The lowest BCUT2D eigenvalue weighted by Gasteiger charge is -2.51. The Balaban J connectivity index is 1.31. The molecule has 18 heteroatoms. The molecule has 1 aromatic rings. The van der Waals surface area contributed by atoms with Crippen molar-refractivity contribution >= 4 is 28.6 Å². The smallest absolute Gasteiger partial charge is 0.330 e. The molecule has 1 aromatic heterocycles. The third-order valence-electron chi connectivity index (χ3n) is 14.5. The number of hydrogen-bond donors (Lipinski definition) is 2. The van der Waals surface area contributed by atoms with Crippen molar-refractivity contribution in [3.05, 3.63) is 69.2 Å². The Labute approximate surface area is 366 Å². The minimum absolute atomic E-state index is 0.0496. The van der Waals surface area contributed by atoms with Gasteiger partial charge in [-0.25, -0.2) is 9.59 Å². The van der Waals surface area contributed by atoms with Crippen molar-refractivity contribution < 1.29 is 46.9 Å². The van der Waals surface area contributed by atoms with E-state index in [2.05, 4.69) is 91.2 Å². The van der Waals surface area contributed by atoms with Crippen LogP contribution in [0.5, 0.6) is 0 Å². The molecule has 0 saturated carbocycles. The summed E-state index contributed by atoms with van der Waals surface area (Å²) < 4.78 is 53.9. The first-order valence-corrected chi connectivity index (χ1v) is 27.6. The predicted octanol–water partition coefficient (Wildman–Crippen LogP) is 6.07. The lowest BCUT2D eigenvalue weighted by atomic mass is 9.61. The number of H-pyrrole nitrogens is 1. The van der Waals surface area contributed by atoms with Crippen LogP contribution in [-0.2, 0) is 48.5 Å². The van der Waals surface area contributed by atoms with Crippen LogP contribution in [0.25, 0.3) is 0 Å². The Bertz CT molecular complexity index is 2150. The highest BCUT2D eigenvalue weighted by Crippen LogP contribution is 2.56. The molecule has 3 amide bonds. The maximum Gasteiger partial charge on any atom is 0.330 e. The molecular formula is C44H68N4O12Si2. The molecule has 1 spiro atoms. The van der Waals surface area contributed by atoms with Crippen LogP contribution in [0, 0.1) is 5.41 Å². The summed E-state index contributed by atoms with van der Waals surface area (Å²) in [5, 5.41) is 2.46. The zero-order chi connectivity index (χ0) is 45.9. The average Bonchev–Trinajstić information content (AvgIpc) is 3.84. The number of nitrogens with zero attached hydrogens (tertiary/aromatic N) is 2. The molecule has 62 heavy (non-hydrogen) atoms. The summed E-state index contributed by atoms with van der Waals surface area (Å²) in [6, 6.07) is -0.737. The number of nitrogens with one attached hydrogen (secondary N) is 2. The molecule has 0 radical (unpaired) electrons. The van der Waals surface area contributed by atoms with Gasteiger partial charge in [0.2, 0.25) is 5.91 Å². The SMILES string of the molecule is C=C/C=C1\N([C@@H]2O[C@H](CO[Si](C)(C)C(C)(C)C)[C@H]3OC(C)(C)O[C@H]32)C(=O)NC(=O)[C@]12CCc1c(n([C@@H]3O[C@H](CO[Si](C)(C)C(C)(C)C)[C@H]4OC(C)(C)O[C@H]43)c(=O)[nH]c1=O)[C@H]2C=C. The van der Waals surface area contributed by atoms with E-state index in [0.29, 0.717) is 0 Å². The fourth-order valence-corrected chi connectivity index (χ4v) is 11.3. The number of aromatic amines is 1. The fourth-order valence-electron chi connectivity index (χ4n) is 9.32. The van der Waals surface area contributed by atoms with E-state index in [9.17, 15) is 19.2 Å². The highest BCUT2D eigenvalue weighted by molar-refractivity contribution is 6.74. The van der Waals surface area contributed by atoms with Gasteiger partial charge in [-0.3, -0.25) is 29.4 Å². The van der Waals surface area contributed by atoms with Gasteiger partial charge in [0.15, 0.2) is 40.7 Å². The van der Waals surface area contributed by atoms with E-state index in [1.165, 1.54) is 15.5 Å². The van der Waals surface area contributed by atoms with Gasteiger partial charge >= 0.3 is 11.7 Å². The normalized spacial score (nSPS) is 35.0. The molecule has 0 bridgehead atoms. The topological polar surface area (TPSA) is 178 Å². The Morgan fingerprint density at radius 3 is 1.74 bits per heavy atom. The fraction of sp³-hybridized carbons (Fsp3) is 0.727. The van der Waals surface area contributed by atoms with E-state index in [4.69, 9.17) is 37.3 Å². The Morgan fingerprint density at radius 2 is 1.26 bits per heavy atom. The molecule has 16 nitrogen and oxygen atoms in total. The maximum atomic E-state index is 14.8. The Hall–Kier alpha value is -3.05. The summed E-state index contributed by atoms with van der Waals surface area (Å²) in [6.45, 7) is 37.3. The van der Waals surface area contributed by atoms with E-state index in [1.807, 2.05) is 0 Å². The predicted molar refractivity (Wildman–Crippen MR) is 235 cm³/mol. The average molecular weight is 901 g/mol. The summed E-state index contributed by atoms with van der Waals surface area (Å²) >= 11 is 0. The molecule has 5 saturated heterocycles. The third-order valence-corrected chi connectivity index (χ3v) is 23.5. The van der Waals surface area contributed by atoms with Crippen LogP contribution in [-0.4, -0.2) is 111 Å². The number of imide groups is 1. The molecule has 344 valence electrons. The van der Waals surface area contributed by atoms with Gasteiger partial charge in [0.25, 0.3) is 5.56 Å². The van der Waals surface area contributed by atoms with Crippen molar-refractivity contribution in [2.24, 2.45) is 5.41 Å². The number of fused-ring (bicyclic) bond motifs is 3. The van der Waals surface area contributed by atoms with Gasteiger partial charge in [-0.1, -0.05) is 60.3 Å². The quantitative estimate of drug-likeness (QED) is 0.205. The largest absolute Gasteiger partial charge is 0.414 e. The second-order valence-electron chi connectivity index (χ2n) is 21.5. The minimum Gasteiger partial charge on any atom is -0.414 e. The molecule has 6 aliphatic rings. The number of hydrogen-bond acceptors (Lipinski definition) is 12. The van der Waals surface area contributed by atoms with Crippen molar-refractivity contribution in [3.63, 3.8) is 0 Å². The molecule has 10 atom stereocenters. The Kier molecular flexibility index (Phi) is 11.8. The summed E-state index contributed by atoms with van der Waals surface area (Å²) in [7, 11) is -4.50. The monoisotopic (exact) mass is 900 g/mol. The summed E-state index contributed by atoms with van der Waals surface area (Å²) in [5.74, 6) is -3.75. The van der Waals surface area contributed by atoms with Crippen LogP contribution in [0.1, 0.15) is 99.1 Å². The molecule has 2 N–H and O–H groups in total. The van der Waals surface area contributed by atoms with E-state index >= 15 is 0 Å². The first-order chi connectivity index (χ1) is 28.5. The maximum absolute atomic E-state index is 14.8. The van der Waals surface area contributed by atoms with Crippen LogP contribution < -0.4 is 16.6 Å². The standard InChI is InChI=1S/C44H68N4O12Si2/c1-17-19-28-44(37(50)46-39(52)47(28)35-32-30(57-42(9,10)59-32)26(55-35)22-53-61(13,14)40(3,4)5)21-20-24-29(25(44)18-2)48(38(51)45-34(24)49)36-33-31(58-43(11,12)60-33)27(56-36)23-54-62(15,16)41(6,7)8/h17-19,25-27,30-33,35-36H,1-2,20-23H2,3-16H3,(H,45,49,51)(H,46,50,52)/b28-19-/t25-,26-,27-,30-,31-,32-,33-,35-,36-,44+/m1/s1. The van der Waals surface area contributed by atoms with Crippen LogP contribution in [0.3, 0.4) is 0 Å². The van der Waals surface area contributed by atoms with Gasteiger partial charge in [-0.05, 0) is 82.9 Å². The summed E-state index contributed by atoms with van der Waals surface area (Å²) in [6.07, 6.45) is -1.51. The van der Waals surface area contributed by atoms with Gasteiger partial charge in [0, 0.05) is 22.9 Å². The lowest BCUT2D eigenvalue weighted by Crippen LogP contribution is -2.65. The van der Waals surface area contributed by atoms with Crippen molar-refractivity contribution in [2.75, 3.05) is 13.2 Å². The lowest BCUT2D eigenvalue weighted by molar-refractivity contribution is -0.203. The number of carbonyl (C=O) groups excluding carboxylic acids is 2. The van der Waals surface area contributed by atoms with E-state index in [0.717, 1.165) is 0 Å². The molecule has 6 heterocycles. The number of carbonyl (C=O) groups is 2. The minimum atomic E-state index is -2.26. The van der Waals surface area contributed by atoms with Crippen molar-refractivity contribution in [1.82, 2.24) is 19.8 Å². The number of allylic oxidation sites excluding steroid dienone is 3. The first kappa shape index (κ1) is 46.9. The Morgan fingerprint density at radius 1 is 0.774 bits per heavy atom. The molecule has 7 rings (SSSR count). The second kappa shape index (κ2) is 15.5. The van der Waals surface area contributed by atoms with Crippen molar-refractivity contribution in [3.8, 4) is 0 Å². The van der Waals surface area contributed by atoms with Crippen molar-refractivity contribution in [2.45, 2.75) is 185 Å². The van der Waals surface area contributed by atoms with Crippen LogP contribution in [0.2, 0.25) is 36.3 Å². The van der Waals surface area contributed by atoms with Gasteiger partial charge in [-0.15, -0.1) is 6.58 Å². The highest BCUT2D eigenvalue weighted by atomic mass is 28.4. The third kappa shape index (κ3) is 7.72. The molecular weight excluding hydrogens is 833 g/mol. The van der Waals surface area contributed by atoms with E-state index in [1.54, 1.807) is 39.8 Å². The number of amides is 3. The van der Waals surface area contributed by atoms with Crippen LogP contribution in [0.15, 0.2) is 46.7 Å². The van der Waals surface area contributed by atoms with E-state index in [-0.39, 0.29) is 53.1 Å². The number of ether oxygens (including phenoxy) is 6. The number of aromatic nitrogens is 2. The highest BCUT2D eigenvalue weighted by Gasteiger charge is 2.65. The molecule has 5 aliphatic heterocycles.